The number of carbonyl (C=O) groups is 4. The van der Waals surface area contributed by atoms with Crippen molar-refractivity contribution in [1.29, 1.82) is 0 Å². The lowest BCUT2D eigenvalue weighted by Gasteiger charge is -2.28. The molecule has 1 aromatic carbocycles. The van der Waals surface area contributed by atoms with Gasteiger partial charge in [0.2, 0.25) is 11.8 Å². The molecule has 22 heavy (non-hydrogen) atoms. The van der Waals surface area contributed by atoms with Crippen LogP contribution in [0, 0.1) is 5.92 Å². The van der Waals surface area contributed by atoms with E-state index in [0.29, 0.717) is 11.3 Å². The van der Waals surface area contributed by atoms with E-state index >= 15 is 0 Å². The summed E-state index contributed by atoms with van der Waals surface area (Å²) in [5.41, 5.74) is 0.574. The number of hydrogen-bond donors (Lipinski definition) is 2. The average molecular weight is 304 g/mol. The van der Waals surface area contributed by atoms with Crippen LogP contribution in [0.2, 0.25) is 0 Å². The summed E-state index contributed by atoms with van der Waals surface area (Å²) < 4.78 is 5.25. The van der Waals surface area contributed by atoms with E-state index in [2.05, 4.69) is 10.6 Å². The van der Waals surface area contributed by atoms with E-state index in [-0.39, 0.29) is 12.2 Å². The van der Waals surface area contributed by atoms with Crippen LogP contribution in [0.1, 0.15) is 24.8 Å². The Kier molecular flexibility index (Phi) is 4.55. The number of carbonyl (C=O) groups excluding carboxylic acids is 4. The van der Waals surface area contributed by atoms with E-state index in [4.69, 9.17) is 4.74 Å². The number of para-hydroxylation sites is 1. The fraction of sp³-hybridized carbons (Fsp3) is 0.333. The lowest BCUT2D eigenvalue weighted by Crippen LogP contribution is -2.57. The van der Waals surface area contributed by atoms with Crippen molar-refractivity contribution in [3.8, 4) is 5.75 Å². The van der Waals surface area contributed by atoms with E-state index in [1.165, 1.54) is 14.0 Å². The van der Waals surface area contributed by atoms with E-state index in [1.807, 2.05) is 0 Å². The molecule has 0 bridgehead atoms. The number of methoxy groups -OCH3 is 1. The molecule has 2 N–H and O–H groups in total. The molecule has 0 aliphatic carbocycles. The Hall–Kier alpha value is -2.70. The number of amides is 4. The van der Waals surface area contributed by atoms with Gasteiger partial charge in [-0.25, -0.2) is 4.79 Å². The second kappa shape index (κ2) is 6.38. The number of ether oxygens (including phenoxy) is 1. The van der Waals surface area contributed by atoms with Crippen LogP contribution < -0.4 is 15.4 Å². The highest BCUT2D eigenvalue weighted by molar-refractivity contribution is 6.16. The minimum Gasteiger partial charge on any atom is -0.496 e. The van der Waals surface area contributed by atoms with Gasteiger partial charge in [-0.1, -0.05) is 18.2 Å². The summed E-state index contributed by atoms with van der Waals surface area (Å²) in [6.07, 6.45) is -0.0138. The van der Waals surface area contributed by atoms with E-state index in [9.17, 15) is 19.2 Å². The lowest BCUT2D eigenvalue weighted by atomic mass is 9.80. The molecule has 2 rings (SSSR count). The predicted molar refractivity (Wildman–Crippen MR) is 76.2 cm³/mol. The summed E-state index contributed by atoms with van der Waals surface area (Å²) in [5, 5.41) is 4.12. The van der Waals surface area contributed by atoms with Crippen LogP contribution in [-0.2, 0) is 14.4 Å². The topological polar surface area (TPSA) is 102 Å². The molecule has 116 valence electrons. The maximum atomic E-state index is 12.1. The molecule has 1 saturated heterocycles. The average Bonchev–Trinajstić information content (AvgIpc) is 2.44. The zero-order valence-electron chi connectivity index (χ0n) is 12.2. The molecule has 1 aromatic rings. The van der Waals surface area contributed by atoms with Crippen LogP contribution in [0.3, 0.4) is 0 Å². The van der Waals surface area contributed by atoms with Crippen molar-refractivity contribution in [3.63, 3.8) is 0 Å². The molecule has 0 saturated carbocycles. The molecule has 1 heterocycles. The lowest BCUT2D eigenvalue weighted by molar-refractivity contribution is -0.137. The first kappa shape index (κ1) is 15.7. The number of nitrogens with one attached hydrogen (secondary N) is 2. The number of ketones is 1. The summed E-state index contributed by atoms with van der Waals surface area (Å²) in [6, 6.07) is 6.01. The Labute approximate surface area is 127 Å². The van der Waals surface area contributed by atoms with Gasteiger partial charge in [-0.05, 0) is 18.6 Å². The van der Waals surface area contributed by atoms with Gasteiger partial charge in [0, 0.05) is 12.3 Å². The molecule has 7 nitrogen and oxygen atoms in total. The second-order valence-corrected chi connectivity index (χ2v) is 5.04. The van der Waals surface area contributed by atoms with Gasteiger partial charge in [-0.3, -0.25) is 20.2 Å². The number of barbiturate groups is 1. The fourth-order valence-electron chi connectivity index (χ4n) is 2.58. The smallest absolute Gasteiger partial charge is 0.328 e. The van der Waals surface area contributed by atoms with Gasteiger partial charge in [0.25, 0.3) is 0 Å². The van der Waals surface area contributed by atoms with Gasteiger partial charge in [-0.15, -0.1) is 0 Å². The minimum atomic E-state index is -1.17. The largest absolute Gasteiger partial charge is 0.496 e. The second-order valence-electron chi connectivity index (χ2n) is 5.04. The van der Waals surface area contributed by atoms with Crippen LogP contribution in [0.5, 0.6) is 5.75 Å². The molecule has 1 atom stereocenters. The van der Waals surface area contributed by atoms with Crippen molar-refractivity contribution in [1.82, 2.24) is 10.6 Å². The van der Waals surface area contributed by atoms with Crippen molar-refractivity contribution in [2.24, 2.45) is 5.92 Å². The highest BCUT2D eigenvalue weighted by Crippen LogP contribution is 2.35. The zero-order chi connectivity index (χ0) is 16.3. The SMILES string of the molecule is COc1ccccc1C(CC(C)=O)C1C(=O)NC(=O)NC1=O. The van der Waals surface area contributed by atoms with E-state index in [0.717, 1.165) is 0 Å². The zero-order valence-corrected chi connectivity index (χ0v) is 12.2. The van der Waals surface area contributed by atoms with Crippen LogP contribution in [0.25, 0.3) is 0 Å². The van der Waals surface area contributed by atoms with Crippen molar-refractivity contribution in [2.75, 3.05) is 7.11 Å². The first-order valence-electron chi connectivity index (χ1n) is 6.72. The number of rotatable bonds is 5. The number of benzene rings is 1. The quantitative estimate of drug-likeness (QED) is 0.781. The van der Waals surface area contributed by atoms with E-state index < -0.39 is 29.7 Å². The Bertz CT molecular complexity index is 621. The highest BCUT2D eigenvalue weighted by Gasteiger charge is 2.42. The van der Waals surface area contributed by atoms with Crippen LogP contribution in [0.4, 0.5) is 4.79 Å². The first-order chi connectivity index (χ1) is 10.4. The standard InChI is InChI=1S/C15H16N2O5/c1-8(18)7-10(9-5-3-4-6-11(9)22-2)12-13(19)16-15(21)17-14(12)20/h3-6,10,12H,7H2,1-2H3,(H2,16,17,19,20,21). The molecule has 4 amide bonds. The van der Waals surface area contributed by atoms with Gasteiger partial charge < -0.3 is 9.53 Å². The summed E-state index contributed by atoms with van der Waals surface area (Å²) in [4.78, 5) is 46.9. The Balaban J connectivity index is 2.46. The molecular formula is C15H16N2O5. The molecule has 0 aromatic heterocycles. The third kappa shape index (κ3) is 3.13. The molecule has 0 spiro atoms. The molecule has 7 heteroatoms. The minimum absolute atomic E-state index is 0.0138. The summed E-state index contributed by atoms with van der Waals surface area (Å²) in [5.74, 6) is -3.00. The highest BCUT2D eigenvalue weighted by atomic mass is 16.5. The molecule has 1 aliphatic heterocycles. The summed E-state index contributed by atoms with van der Waals surface area (Å²) >= 11 is 0. The van der Waals surface area contributed by atoms with Crippen LogP contribution in [-0.4, -0.2) is 30.7 Å². The molecular weight excluding hydrogens is 288 g/mol. The van der Waals surface area contributed by atoms with Gasteiger partial charge in [-0.2, -0.15) is 0 Å². The maximum Gasteiger partial charge on any atom is 0.328 e. The summed E-state index contributed by atoms with van der Waals surface area (Å²) in [6.45, 7) is 1.38. The monoisotopic (exact) mass is 304 g/mol. The Morgan fingerprint density at radius 3 is 2.32 bits per heavy atom. The van der Waals surface area contributed by atoms with Crippen molar-refractivity contribution < 1.29 is 23.9 Å². The fourth-order valence-corrected chi connectivity index (χ4v) is 2.58. The molecule has 1 fully saturated rings. The number of imide groups is 2. The van der Waals surface area contributed by atoms with Crippen molar-refractivity contribution >= 4 is 23.6 Å². The van der Waals surface area contributed by atoms with E-state index in [1.54, 1.807) is 24.3 Å². The van der Waals surface area contributed by atoms with Crippen LogP contribution >= 0.6 is 0 Å². The van der Waals surface area contributed by atoms with Gasteiger partial charge in [0.15, 0.2) is 0 Å². The first-order valence-corrected chi connectivity index (χ1v) is 6.72. The van der Waals surface area contributed by atoms with Gasteiger partial charge >= 0.3 is 6.03 Å². The molecule has 1 aliphatic rings. The van der Waals surface area contributed by atoms with Crippen molar-refractivity contribution in [3.05, 3.63) is 29.8 Å². The van der Waals surface area contributed by atoms with Crippen molar-refractivity contribution in [2.45, 2.75) is 19.3 Å². The number of hydrogen-bond acceptors (Lipinski definition) is 5. The number of Topliss-reactive ketones (excluding diaryl/α,β-unsaturated/α-hetero) is 1. The van der Waals surface area contributed by atoms with Gasteiger partial charge in [0.05, 0.1) is 7.11 Å². The number of urea groups is 1. The third-order valence-corrected chi connectivity index (χ3v) is 3.49. The molecule has 0 radical (unpaired) electrons. The van der Waals surface area contributed by atoms with Gasteiger partial charge in [0.1, 0.15) is 17.5 Å². The Morgan fingerprint density at radius 1 is 1.18 bits per heavy atom. The molecule has 1 unspecified atom stereocenters. The summed E-state index contributed by atoms with van der Waals surface area (Å²) in [7, 11) is 1.47. The Morgan fingerprint density at radius 2 is 1.77 bits per heavy atom. The maximum absolute atomic E-state index is 12.1. The van der Waals surface area contributed by atoms with Crippen LogP contribution in [0.15, 0.2) is 24.3 Å². The normalized spacial score (nSPS) is 16.7. The predicted octanol–water partition coefficient (Wildman–Crippen LogP) is 0.740. The third-order valence-electron chi connectivity index (χ3n) is 3.49.